The van der Waals surface area contributed by atoms with Crippen LogP contribution in [0.3, 0.4) is 0 Å². The average molecular weight is 357 g/mol. The fourth-order valence-corrected chi connectivity index (χ4v) is 10.7. The van der Waals surface area contributed by atoms with Gasteiger partial charge in [0.15, 0.2) is 0 Å². The van der Waals surface area contributed by atoms with Gasteiger partial charge in [0.25, 0.3) is 6.69 Å². The van der Waals surface area contributed by atoms with E-state index in [0.717, 1.165) is 0 Å². The highest BCUT2D eigenvalue weighted by molar-refractivity contribution is 7.46. The standard InChI is InChI=1S/C20H18Cl2Si/c1-13-11-15-7-3-5-9-17(15)19(13)23(21,22)20-14(2)12-16-8-4-6-10-18(16)20/h3-12,19-20H,1-2H3. The quantitative estimate of drug-likeness (QED) is 0.432. The highest BCUT2D eigenvalue weighted by atomic mass is 35.7. The first kappa shape index (κ1) is 15.3. The molecule has 3 heteroatoms. The lowest BCUT2D eigenvalue weighted by Crippen LogP contribution is -2.37. The van der Waals surface area contributed by atoms with Gasteiger partial charge in [-0.15, -0.1) is 22.2 Å². The van der Waals surface area contributed by atoms with Crippen molar-refractivity contribution in [2.75, 3.05) is 0 Å². The first-order valence-electron chi connectivity index (χ1n) is 7.92. The first-order chi connectivity index (χ1) is 11.0. The second-order valence-electron chi connectivity index (χ2n) is 6.58. The molecule has 0 spiro atoms. The highest BCUT2D eigenvalue weighted by Gasteiger charge is 2.52. The maximum Gasteiger partial charge on any atom is 0.273 e. The molecule has 2 unspecified atom stereocenters. The minimum atomic E-state index is -2.66. The van der Waals surface area contributed by atoms with Gasteiger partial charge in [0.1, 0.15) is 0 Å². The molecule has 23 heavy (non-hydrogen) atoms. The fraction of sp³-hybridized carbons (Fsp3) is 0.200. The Kier molecular flexibility index (Phi) is 3.56. The molecular formula is C20H18Cl2Si. The molecule has 2 aliphatic carbocycles. The van der Waals surface area contributed by atoms with Crippen molar-refractivity contribution in [2.45, 2.75) is 24.9 Å². The summed E-state index contributed by atoms with van der Waals surface area (Å²) in [4.78, 5) is 0. The number of halogens is 2. The lowest BCUT2D eigenvalue weighted by atomic mass is 10.1. The molecule has 0 bridgehead atoms. The van der Waals surface area contributed by atoms with E-state index in [-0.39, 0.29) is 11.1 Å². The van der Waals surface area contributed by atoms with Gasteiger partial charge in [-0.05, 0) is 36.1 Å². The molecule has 0 aromatic heterocycles. The van der Waals surface area contributed by atoms with E-state index < -0.39 is 6.69 Å². The second kappa shape index (κ2) is 5.37. The lowest BCUT2D eigenvalue weighted by Gasteiger charge is -2.33. The minimum absolute atomic E-state index is 0.154. The van der Waals surface area contributed by atoms with Crippen LogP contribution in [0.2, 0.25) is 0 Å². The molecule has 0 radical (unpaired) electrons. The topological polar surface area (TPSA) is 0 Å². The smallest absolute Gasteiger partial charge is 0.144 e. The van der Waals surface area contributed by atoms with Crippen LogP contribution in [0.1, 0.15) is 47.2 Å². The van der Waals surface area contributed by atoms with Crippen LogP contribution < -0.4 is 0 Å². The van der Waals surface area contributed by atoms with E-state index in [1.165, 1.54) is 33.4 Å². The molecule has 4 rings (SSSR count). The Morgan fingerprint density at radius 3 is 1.52 bits per heavy atom. The number of hydrogen-bond acceptors (Lipinski definition) is 0. The maximum atomic E-state index is 7.22. The summed E-state index contributed by atoms with van der Waals surface area (Å²) in [7, 11) is 0. The average Bonchev–Trinajstić information content (AvgIpc) is 3.02. The maximum absolute atomic E-state index is 7.22. The molecular weight excluding hydrogens is 339 g/mol. The summed E-state index contributed by atoms with van der Waals surface area (Å²) >= 11 is 14.4. The second-order valence-corrected chi connectivity index (χ2v) is 13.4. The molecule has 0 aliphatic heterocycles. The van der Waals surface area contributed by atoms with Crippen molar-refractivity contribution in [3.63, 3.8) is 0 Å². The van der Waals surface area contributed by atoms with Gasteiger partial charge in [-0.1, -0.05) is 71.8 Å². The number of rotatable bonds is 2. The van der Waals surface area contributed by atoms with Gasteiger partial charge in [-0.2, -0.15) is 0 Å². The molecule has 2 aliphatic rings. The van der Waals surface area contributed by atoms with Crippen molar-refractivity contribution >= 4 is 41.0 Å². The van der Waals surface area contributed by atoms with E-state index in [1.54, 1.807) is 0 Å². The third-order valence-corrected chi connectivity index (χ3v) is 10.8. The number of allylic oxidation sites excluding steroid dienone is 2. The summed E-state index contributed by atoms with van der Waals surface area (Å²) in [5, 5.41) is 0. The van der Waals surface area contributed by atoms with E-state index in [4.69, 9.17) is 22.2 Å². The first-order valence-corrected chi connectivity index (χ1v) is 12.1. The fourth-order valence-electron chi connectivity index (χ4n) is 4.15. The van der Waals surface area contributed by atoms with Crippen molar-refractivity contribution in [2.24, 2.45) is 0 Å². The van der Waals surface area contributed by atoms with Crippen molar-refractivity contribution < 1.29 is 0 Å². The molecule has 2 aromatic carbocycles. The van der Waals surface area contributed by atoms with Gasteiger partial charge in [-0.3, -0.25) is 0 Å². The molecule has 0 saturated carbocycles. The van der Waals surface area contributed by atoms with E-state index in [2.05, 4.69) is 74.5 Å². The Labute approximate surface area is 147 Å². The van der Waals surface area contributed by atoms with E-state index in [0.29, 0.717) is 0 Å². The van der Waals surface area contributed by atoms with Crippen LogP contribution >= 0.6 is 22.2 Å². The Hall–Kier alpha value is -1.28. The number of fused-ring (bicyclic) bond motifs is 2. The molecule has 0 fully saturated rings. The number of benzene rings is 2. The Bertz CT molecular complexity index is 779. The van der Waals surface area contributed by atoms with Crippen LogP contribution in [-0.4, -0.2) is 6.69 Å². The normalized spacial score (nSPS) is 22.4. The molecule has 2 aromatic rings. The molecule has 2 atom stereocenters. The van der Waals surface area contributed by atoms with Gasteiger partial charge < -0.3 is 0 Å². The SMILES string of the molecule is CC1=Cc2ccccc2C1[Si](Cl)(Cl)C1C(C)=Cc2ccccc21. The van der Waals surface area contributed by atoms with Crippen molar-refractivity contribution in [3.05, 3.63) is 81.9 Å². The predicted molar refractivity (Wildman–Crippen MR) is 103 cm³/mol. The zero-order valence-electron chi connectivity index (χ0n) is 13.2. The Morgan fingerprint density at radius 1 is 0.696 bits per heavy atom. The molecule has 0 amide bonds. The highest BCUT2D eigenvalue weighted by Crippen LogP contribution is 2.55. The predicted octanol–water partition coefficient (Wildman–Crippen LogP) is 6.39. The van der Waals surface area contributed by atoms with Gasteiger partial charge in [0.2, 0.25) is 0 Å². The zero-order chi connectivity index (χ0) is 16.2. The molecule has 0 saturated heterocycles. The van der Waals surface area contributed by atoms with Crippen LogP contribution in [0.5, 0.6) is 0 Å². The number of hydrogen-bond donors (Lipinski definition) is 0. The minimum Gasteiger partial charge on any atom is -0.144 e. The molecule has 0 heterocycles. The van der Waals surface area contributed by atoms with E-state index in [1.807, 2.05) is 0 Å². The summed E-state index contributed by atoms with van der Waals surface area (Å²) in [6, 6.07) is 17.0. The lowest BCUT2D eigenvalue weighted by molar-refractivity contribution is 1.02. The molecule has 0 N–H and O–H groups in total. The van der Waals surface area contributed by atoms with Gasteiger partial charge in [-0.25, -0.2) is 0 Å². The van der Waals surface area contributed by atoms with Crippen molar-refractivity contribution in [3.8, 4) is 0 Å². The third-order valence-electron chi connectivity index (χ3n) is 5.06. The summed E-state index contributed by atoms with van der Waals surface area (Å²) in [5.41, 5.74) is 8.00. The summed E-state index contributed by atoms with van der Waals surface area (Å²) in [6.45, 7) is 1.67. The Morgan fingerprint density at radius 2 is 1.09 bits per heavy atom. The van der Waals surface area contributed by atoms with E-state index in [9.17, 15) is 0 Å². The van der Waals surface area contributed by atoms with Crippen molar-refractivity contribution in [1.29, 1.82) is 0 Å². The van der Waals surface area contributed by atoms with Gasteiger partial charge in [0, 0.05) is 11.1 Å². The van der Waals surface area contributed by atoms with E-state index >= 15 is 0 Å². The van der Waals surface area contributed by atoms with Crippen LogP contribution in [0.15, 0.2) is 59.7 Å². The van der Waals surface area contributed by atoms with Crippen molar-refractivity contribution in [1.82, 2.24) is 0 Å². The Balaban J connectivity index is 1.84. The van der Waals surface area contributed by atoms with Crippen LogP contribution in [0, 0.1) is 0 Å². The van der Waals surface area contributed by atoms with Gasteiger partial charge >= 0.3 is 0 Å². The summed E-state index contributed by atoms with van der Waals surface area (Å²) < 4.78 is 0. The largest absolute Gasteiger partial charge is 0.273 e. The van der Waals surface area contributed by atoms with Crippen LogP contribution in [-0.2, 0) is 0 Å². The van der Waals surface area contributed by atoms with Crippen LogP contribution in [0.25, 0.3) is 12.2 Å². The third kappa shape index (κ3) is 2.26. The summed E-state index contributed by atoms with van der Waals surface area (Å²) in [5.74, 6) is 0. The molecule has 0 nitrogen and oxygen atoms in total. The van der Waals surface area contributed by atoms with Crippen LogP contribution in [0.4, 0.5) is 0 Å². The monoisotopic (exact) mass is 356 g/mol. The molecule has 116 valence electrons. The zero-order valence-corrected chi connectivity index (χ0v) is 15.7. The van der Waals surface area contributed by atoms with Gasteiger partial charge in [0.05, 0.1) is 0 Å². The summed E-state index contributed by atoms with van der Waals surface area (Å²) in [6.07, 6.45) is 4.48.